The van der Waals surface area contributed by atoms with Crippen LogP contribution in [0.15, 0.2) is 24.3 Å². The van der Waals surface area contributed by atoms with Crippen LogP contribution in [0.4, 0.5) is 5.69 Å². The van der Waals surface area contributed by atoms with Gasteiger partial charge in [0, 0.05) is 11.7 Å². The molecule has 0 spiro atoms. The van der Waals surface area contributed by atoms with E-state index >= 15 is 0 Å². The predicted octanol–water partition coefficient (Wildman–Crippen LogP) is 2.12. The van der Waals surface area contributed by atoms with Crippen LogP contribution in [-0.2, 0) is 15.8 Å². The third-order valence-corrected chi connectivity index (χ3v) is 4.39. The molecule has 0 saturated carbocycles. The Morgan fingerprint density at radius 3 is 2.44 bits per heavy atom. The van der Waals surface area contributed by atoms with Crippen molar-refractivity contribution in [3.63, 3.8) is 0 Å². The zero-order chi connectivity index (χ0) is 14.0. The number of rotatable bonds is 4. The molecule has 0 aliphatic rings. The van der Waals surface area contributed by atoms with Gasteiger partial charge < -0.3 is 5.73 Å². The van der Waals surface area contributed by atoms with Gasteiger partial charge in [-0.2, -0.15) is 0 Å². The van der Waals surface area contributed by atoms with E-state index in [9.17, 15) is 8.42 Å². The molecule has 0 aromatic heterocycles. The van der Waals surface area contributed by atoms with E-state index in [-0.39, 0.29) is 17.2 Å². The van der Waals surface area contributed by atoms with Crippen LogP contribution in [0.2, 0.25) is 0 Å². The summed E-state index contributed by atoms with van der Waals surface area (Å²) in [5.41, 5.74) is 6.80. The zero-order valence-corrected chi connectivity index (χ0v) is 12.2. The monoisotopic (exact) mass is 270 g/mol. The number of benzene rings is 1. The predicted molar refractivity (Wildman–Crippen MR) is 75.5 cm³/mol. The van der Waals surface area contributed by atoms with E-state index in [1.807, 2.05) is 27.7 Å². The van der Waals surface area contributed by atoms with E-state index < -0.39 is 10.0 Å². The minimum Gasteiger partial charge on any atom is -0.399 e. The van der Waals surface area contributed by atoms with Gasteiger partial charge in [-0.15, -0.1) is 0 Å². The van der Waals surface area contributed by atoms with Gasteiger partial charge in [0.2, 0.25) is 10.0 Å². The fourth-order valence-corrected chi connectivity index (χ4v) is 2.98. The lowest BCUT2D eigenvalue weighted by Gasteiger charge is -2.27. The number of hydrogen-bond donors (Lipinski definition) is 2. The lowest BCUT2D eigenvalue weighted by molar-refractivity contribution is 0.317. The minimum atomic E-state index is -3.34. The molecule has 0 saturated heterocycles. The van der Waals surface area contributed by atoms with E-state index in [0.717, 1.165) is 0 Å². The third kappa shape index (κ3) is 4.66. The van der Waals surface area contributed by atoms with Crippen molar-refractivity contribution < 1.29 is 8.42 Å². The van der Waals surface area contributed by atoms with E-state index in [1.54, 1.807) is 24.3 Å². The van der Waals surface area contributed by atoms with Gasteiger partial charge in [0.05, 0.1) is 5.75 Å². The Hall–Kier alpha value is -1.07. The Bertz CT molecular complexity index is 504. The van der Waals surface area contributed by atoms with Gasteiger partial charge in [0.1, 0.15) is 0 Å². The highest BCUT2D eigenvalue weighted by molar-refractivity contribution is 7.88. The lowest BCUT2D eigenvalue weighted by atomic mass is 9.89. The number of anilines is 1. The smallest absolute Gasteiger partial charge is 0.216 e. The van der Waals surface area contributed by atoms with Gasteiger partial charge in [-0.25, -0.2) is 13.1 Å². The Labute approximate surface area is 110 Å². The van der Waals surface area contributed by atoms with Gasteiger partial charge in [-0.05, 0) is 30.0 Å². The Morgan fingerprint density at radius 1 is 1.33 bits per heavy atom. The van der Waals surface area contributed by atoms with Crippen molar-refractivity contribution in [2.24, 2.45) is 5.41 Å². The van der Waals surface area contributed by atoms with E-state index in [1.165, 1.54) is 0 Å². The van der Waals surface area contributed by atoms with E-state index in [2.05, 4.69) is 4.72 Å². The first kappa shape index (κ1) is 15.0. The van der Waals surface area contributed by atoms with Gasteiger partial charge in [0.15, 0.2) is 0 Å². The molecule has 1 rings (SSSR count). The van der Waals surface area contributed by atoms with Crippen molar-refractivity contribution in [1.82, 2.24) is 4.72 Å². The molecule has 0 heterocycles. The molecule has 0 fully saturated rings. The highest BCUT2D eigenvalue weighted by atomic mass is 32.2. The normalized spacial score (nSPS) is 14.4. The van der Waals surface area contributed by atoms with Crippen molar-refractivity contribution in [2.45, 2.75) is 39.5 Å². The summed E-state index contributed by atoms with van der Waals surface area (Å²) in [5, 5.41) is 0. The Balaban J connectivity index is 2.77. The maximum absolute atomic E-state index is 12.0. The number of nitrogen functional groups attached to an aromatic ring is 1. The summed E-state index contributed by atoms with van der Waals surface area (Å²) in [4.78, 5) is 0. The first-order chi connectivity index (χ1) is 8.10. The van der Waals surface area contributed by atoms with Crippen LogP contribution in [0, 0.1) is 5.41 Å². The molecule has 0 amide bonds. The van der Waals surface area contributed by atoms with Gasteiger partial charge in [-0.1, -0.05) is 32.9 Å². The van der Waals surface area contributed by atoms with Gasteiger partial charge >= 0.3 is 0 Å². The van der Waals surface area contributed by atoms with Crippen molar-refractivity contribution >= 4 is 15.7 Å². The van der Waals surface area contributed by atoms with E-state index in [4.69, 9.17) is 5.73 Å². The quantitative estimate of drug-likeness (QED) is 0.823. The second kappa shape index (κ2) is 5.28. The summed E-state index contributed by atoms with van der Waals surface area (Å²) in [6.07, 6.45) is 0. The largest absolute Gasteiger partial charge is 0.399 e. The average molecular weight is 270 g/mol. The molecular weight excluding hydrogens is 248 g/mol. The number of nitrogens with one attached hydrogen (secondary N) is 1. The summed E-state index contributed by atoms with van der Waals surface area (Å²) < 4.78 is 26.7. The fourth-order valence-electron chi connectivity index (χ4n) is 1.39. The Morgan fingerprint density at radius 2 is 1.94 bits per heavy atom. The van der Waals surface area contributed by atoms with Gasteiger partial charge in [0.25, 0.3) is 0 Å². The van der Waals surface area contributed by atoms with Crippen LogP contribution in [0.25, 0.3) is 0 Å². The SMILES string of the molecule is CC(NS(=O)(=O)Cc1cccc(N)c1)C(C)(C)C. The summed E-state index contributed by atoms with van der Waals surface area (Å²) in [7, 11) is -3.34. The van der Waals surface area contributed by atoms with Crippen molar-refractivity contribution in [2.75, 3.05) is 5.73 Å². The lowest BCUT2D eigenvalue weighted by Crippen LogP contribution is -2.41. The standard InChI is InChI=1S/C13H22N2O2S/c1-10(13(2,3)4)15-18(16,17)9-11-6-5-7-12(14)8-11/h5-8,10,15H,9,14H2,1-4H3. The topological polar surface area (TPSA) is 72.2 Å². The molecule has 5 heteroatoms. The van der Waals surface area contributed by atoms with Crippen LogP contribution in [0.3, 0.4) is 0 Å². The van der Waals surface area contributed by atoms with Crippen LogP contribution < -0.4 is 10.5 Å². The fraction of sp³-hybridized carbons (Fsp3) is 0.538. The molecule has 18 heavy (non-hydrogen) atoms. The summed E-state index contributed by atoms with van der Waals surface area (Å²) in [5.74, 6) is -0.0432. The molecule has 0 aliphatic heterocycles. The molecule has 4 nitrogen and oxygen atoms in total. The minimum absolute atomic E-state index is 0.0432. The van der Waals surface area contributed by atoms with Crippen molar-refractivity contribution in [1.29, 1.82) is 0 Å². The molecule has 0 bridgehead atoms. The number of sulfonamides is 1. The van der Waals surface area contributed by atoms with Crippen LogP contribution >= 0.6 is 0 Å². The summed E-state index contributed by atoms with van der Waals surface area (Å²) >= 11 is 0. The summed E-state index contributed by atoms with van der Waals surface area (Å²) in [6, 6.07) is 6.82. The highest BCUT2D eigenvalue weighted by Crippen LogP contribution is 2.20. The summed E-state index contributed by atoms with van der Waals surface area (Å²) in [6.45, 7) is 7.87. The van der Waals surface area contributed by atoms with Crippen molar-refractivity contribution in [3.8, 4) is 0 Å². The number of hydrogen-bond acceptors (Lipinski definition) is 3. The molecular formula is C13H22N2O2S. The number of nitrogens with two attached hydrogens (primary N) is 1. The second-order valence-electron chi connectivity index (χ2n) is 5.71. The van der Waals surface area contributed by atoms with Crippen LogP contribution in [-0.4, -0.2) is 14.5 Å². The molecule has 0 aliphatic carbocycles. The molecule has 0 radical (unpaired) electrons. The maximum atomic E-state index is 12.0. The molecule has 102 valence electrons. The first-order valence-electron chi connectivity index (χ1n) is 5.94. The van der Waals surface area contributed by atoms with Crippen LogP contribution in [0.5, 0.6) is 0 Å². The Kier molecular flexibility index (Phi) is 4.40. The zero-order valence-electron chi connectivity index (χ0n) is 11.4. The molecule has 1 aromatic carbocycles. The molecule has 1 atom stereocenters. The highest BCUT2D eigenvalue weighted by Gasteiger charge is 2.24. The van der Waals surface area contributed by atoms with Crippen molar-refractivity contribution in [3.05, 3.63) is 29.8 Å². The molecule has 1 aromatic rings. The average Bonchev–Trinajstić information content (AvgIpc) is 2.13. The molecule has 1 unspecified atom stereocenters. The maximum Gasteiger partial charge on any atom is 0.216 e. The van der Waals surface area contributed by atoms with Crippen LogP contribution in [0.1, 0.15) is 33.3 Å². The molecule has 3 N–H and O–H groups in total. The third-order valence-electron chi connectivity index (χ3n) is 2.96. The van der Waals surface area contributed by atoms with E-state index in [0.29, 0.717) is 11.3 Å². The van der Waals surface area contributed by atoms with Gasteiger partial charge in [-0.3, -0.25) is 0 Å². The second-order valence-corrected chi connectivity index (χ2v) is 7.46. The first-order valence-corrected chi connectivity index (χ1v) is 7.60.